The van der Waals surface area contributed by atoms with E-state index < -0.39 is 0 Å². The molecule has 1 aliphatic carbocycles. The maximum Gasteiger partial charge on any atom is 0.309 e. The average Bonchev–Trinajstić information content (AvgIpc) is 2.62. The molecule has 1 saturated carbocycles. The van der Waals surface area contributed by atoms with Crippen LogP contribution in [0.5, 0.6) is 0 Å². The molecule has 0 saturated heterocycles. The van der Waals surface area contributed by atoms with Gasteiger partial charge in [0.2, 0.25) is 0 Å². The minimum absolute atomic E-state index is 0.107. The minimum atomic E-state index is -0.143. The van der Waals surface area contributed by atoms with E-state index in [4.69, 9.17) is 9.47 Å². The highest BCUT2D eigenvalue weighted by molar-refractivity contribution is 5.83. The Labute approximate surface area is 150 Å². The van der Waals surface area contributed by atoms with Crippen molar-refractivity contribution in [3.63, 3.8) is 0 Å². The molecule has 1 aliphatic rings. The third-order valence-electron chi connectivity index (χ3n) is 4.58. The molecule has 4 nitrogen and oxygen atoms in total. The average molecular weight is 344 g/mol. The van der Waals surface area contributed by atoms with Crippen LogP contribution in [0.1, 0.15) is 44.6 Å². The summed E-state index contributed by atoms with van der Waals surface area (Å²) in [5, 5.41) is 0. The Kier molecular flexibility index (Phi) is 8.40. The number of hydrogen-bond acceptors (Lipinski definition) is 4. The van der Waals surface area contributed by atoms with Crippen LogP contribution in [0.25, 0.3) is 0 Å². The smallest absolute Gasteiger partial charge is 0.309 e. The highest BCUT2D eigenvalue weighted by atomic mass is 16.5. The maximum absolute atomic E-state index is 12.1. The van der Waals surface area contributed by atoms with E-state index in [0.29, 0.717) is 39.1 Å². The molecular formula is C21H28O4. The molecule has 4 heteroatoms. The van der Waals surface area contributed by atoms with Crippen molar-refractivity contribution < 1.29 is 19.1 Å². The third kappa shape index (κ3) is 6.83. The Morgan fingerprint density at radius 1 is 1.24 bits per heavy atom. The summed E-state index contributed by atoms with van der Waals surface area (Å²) in [6.07, 6.45) is 7.41. The number of carbonyl (C=O) groups is 2. The molecule has 2 atom stereocenters. The van der Waals surface area contributed by atoms with Gasteiger partial charge in [0, 0.05) is 12.8 Å². The molecule has 0 bridgehead atoms. The molecule has 0 N–H and O–H groups in total. The Balaban J connectivity index is 1.69. The summed E-state index contributed by atoms with van der Waals surface area (Å²) in [7, 11) is 0. The first kappa shape index (κ1) is 19.4. The van der Waals surface area contributed by atoms with Gasteiger partial charge in [-0.1, -0.05) is 42.5 Å². The third-order valence-corrected chi connectivity index (χ3v) is 4.58. The van der Waals surface area contributed by atoms with Crippen LogP contribution in [0.4, 0.5) is 0 Å². The van der Waals surface area contributed by atoms with Gasteiger partial charge in [-0.05, 0) is 37.7 Å². The highest BCUT2D eigenvalue weighted by Crippen LogP contribution is 2.32. The molecule has 0 aromatic heterocycles. The monoisotopic (exact) mass is 344 g/mol. The summed E-state index contributed by atoms with van der Waals surface area (Å²) in [6, 6.07) is 10.1. The van der Waals surface area contributed by atoms with Crippen LogP contribution < -0.4 is 0 Å². The number of Topliss-reactive ketones (excluding diaryl/α,β-unsaturated/α-hetero) is 1. The predicted octanol–water partition coefficient (Wildman–Crippen LogP) is 4.09. The van der Waals surface area contributed by atoms with Crippen LogP contribution in [0, 0.1) is 11.8 Å². The minimum Gasteiger partial charge on any atom is -0.466 e. The Bertz CT molecular complexity index is 565. The van der Waals surface area contributed by atoms with E-state index in [2.05, 4.69) is 6.08 Å². The second-order valence-corrected chi connectivity index (χ2v) is 6.45. The van der Waals surface area contributed by atoms with Crippen molar-refractivity contribution in [3.05, 3.63) is 48.0 Å². The van der Waals surface area contributed by atoms with E-state index in [9.17, 15) is 9.59 Å². The summed E-state index contributed by atoms with van der Waals surface area (Å²) in [5.41, 5.74) is 1.16. The van der Waals surface area contributed by atoms with Crippen LogP contribution in [0.3, 0.4) is 0 Å². The van der Waals surface area contributed by atoms with Crippen LogP contribution in [-0.4, -0.2) is 25.0 Å². The number of carbonyl (C=O) groups excluding carboxylic acids is 2. The number of hydrogen-bond donors (Lipinski definition) is 0. The lowest BCUT2D eigenvalue weighted by Gasteiger charge is -2.28. The van der Waals surface area contributed by atoms with Crippen LogP contribution in [-0.2, 0) is 25.7 Å². The van der Waals surface area contributed by atoms with Gasteiger partial charge in [0.1, 0.15) is 5.78 Å². The quantitative estimate of drug-likeness (QED) is 0.385. The fourth-order valence-corrected chi connectivity index (χ4v) is 3.27. The molecule has 0 aliphatic heterocycles. The molecule has 0 heterocycles. The van der Waals surface area contributed by atoms with Crippen molar-refractivity contribution in [1.29, 1.82) is 0 Å². The zero-order valence-corrected chi connectivity index (χ0v) is 15.0. The fourth-order valence-electron chi connectivity index (χ4n) is 3.27. The summed E-state index contributed by atoms with van der Waals surface area (Å²) >= 11 is 0. The second kappa shape index (κ2) is 10.8. The van der Waals surface area contributed by atoms with Crippen molar-refractivity contribution >= 4 is 11.8 Å². The molecule has 136 valence electrons. The van der Waals surface area contributed by atoms with Gasteiger partial charge < -0.3 is 9.47 Å². The first-order valence-corrected chi connectivity index (χ1v) is 9.15. The maximum atomic E-state index is 12.1. The second-order valence-electron chi connectivity index (χ2n) is 6.45. The number of ether oxygens (including phenoxy) is 2. The van der Waals surface area contributed by atoms with E-state index in [1.807, 2.05) is 43.3 Å². The van der Waals surface area contributed by atoms with Crippen LogP contribution >= 0.6 is 0 Å². The molecule has 0 unspecified atom stereocenters. The van der Waals surface area contributed by atoms with Gasteiger partial charge in [0.25, 0.3) is 0 Å². The van der Waals surface area contributed by atoms with E-state index in [0.717, 1.165) is 18.4 Å². The lowest BCUT2D eigenvalue weighted by Crippen LogP contribution is -2.32. The van der Waals surface area contributed by atoms with Gasteiger partial charge in [-0.2, -0.15) is 0 Å². The Morgan fingerprint density at radius 3 is 2.80 bits per heavy atom. The summed E-state index contributed by atoms with van der Waals surface area (Å²) in [5.74, 6) is 0.103. The van der Waals surface area contributed by atoms with Crippen molar-refractivity contribution in [1.82, 2.24) is 0 Å². The molecule has 0 amide bonds. The van der Waals surface area contributed by atoms with Gasteiger partial charge in [-0.3, -0.25) is 9.59 Å². The zero-order valence-electron chi connectivity index (χ0n) is 15.0. The zero-order chi connectivity index (χ0) is 17.9. The Hall–Kier alpha value is -1.94. The normalized spacial score (nSPS) is 20.8. The molecule has 0 radical (unpaired) electrons. The lowest BCUT2D eigenvalue weighted by atomic mass is 9.76. The highest BCUT2D eigenvalue weighted by Gasteiger charge is 2.34. The lowest BCUT2D eigenvalue weighted by molar-refractivity contribution is -0.152. The first-order chi connectivity index (χ1) is 12.2. The molecular weight excluding hydrogens is 316 g/mol. The van der Waals surface area contributed by atoms with Gasteiger partial charge in [0.05, 0.1) is 25.7 Å². The Morgan fingerprint density at radius 2 is 2.04 bits per heavy atom. The van der Waals surface area contributed by atoms with E-state index >= 15 is 0 Å². The summed E-state index contributed by atoms with van der Waals surface area (Å²) in [6.45, 7) is 3.39. The number of rotatable bonds is 9. The molecule has 1 fully saturated rings. The number of ketones is 1. The number of esters is 1. The molecule has 25 heavy (non-hydrogen) atoms. The van der Waals surface area contributed by atoms with Crippen molar-refractivity contribution in [2.75, 3.05) is 13.2 Å². The van der Waals surface area contributed by atoms with Gasteiger partial charge in [-0.25, -0.2) is 0 Å². The predicted molar refractivity (Wildman–Crippen MR) is 96.9 cm³/mol. The number of benzene rings is 1. The van der Waals surface area contributed by atoms with Gasteiger partial charge in [-0.15, -0.1) is 0 Å². The van der Waals surface area contributed by atoms with E-state index in [-0.39, 0.29) is 23.6 Å². The first-order valence-electron chi connectivity index (χ1n) is 9.15. The topological polar surface area (TPSA) is 52.6 Å². The van der Waals surface area contributed by atoms with E-state index in [1.165, 1.54) is 0 Å². The summed E-state index contributed by atoms with van der Waals surface area (Å²) in [4.78, 5) is 23.8. The van der Waals surface area contributed by atoms with Gasteiger partial charge in [0.15, 0.2) is 0 Å². The SMILES string of the molecule is CCOC(=O)[C@H]1CCC(=O)C[C@@H]1CC/C=C\COCc1ccccc1. The standard InChI is InChI=1S/C21H28O4/c1-2-25-21(23)20-13-12-19(22)15-18(20)11-7-4-8-14-24-16-17-9-5-3-6-10-17/h3-6,8-10,18,20H,2,7,11-16H2,1H3/b8-4-/t18-,20-/m0/s1. The summed E-state index contributed by atoms with van der Waals surface area (Å²) < 4.78 is 10.8. The molecule has 2 rings (SSSR count). The van der Waals surface area contributed by atoms with Crippen LogP contribution in [0.15, 0.2) is 42.5 Å². The number of allylic oxidation sites excluding steroid dienone is 1. The van der Waals surface area contributed by atoms with Crippen LogP contribution in [0.2, 0.25) is 0 Å². The van der Waals surface area contributed by atoms with Crippen molar-refractivity contribution in [2.45, 2.75) is 45.6 Å². The van der Waals surface area contributed by atoms with Crippen molar-refractivity contribution in [3.8, 4) is 0 Å². The van der Waals surface area contributed by atoms with Gasteiger partial charge >= 0.3 is 5.97 Å². The largest absolute Gasteiger partial charge is 0.466 e. The van der Waals surface area contributed by atoms with E-state index in [1.54, 1.807) is 0 Å². The molecule has 1 aromatic rings. The molecule has 1 aromatic carbocycles. The molecule has 0 spiro atoms. The van der Waals surface area contributed by atoms with Crippen molar-refractivity contribution in [2.24, 2.45) is 11.8 Å². The fraction of sp³-hybridized carbons (Fsp3) is 0.524.